The molecular formula is C15H22N2O2. The molecule has 2 rings (SSSR count). The Morgan fingerprint density at radius 1 is 1.42 bits per heavy atom. The van der Waals surface area contributed by atoms with Crippen molar-refractivity contribution in [1.82, 2.24) is 4.90 Å². The van der Waals surface area contributed by atoms with Crippen LogP contribution in [0.3, 0.4) is 0 Å². The predicted molar refractivity (Wildman–Crippen MR) is 74.8 cm³/mol. The first-order valence-electron chi connectivity index (χ1n) is 6.83. The van der Waals surface area contributed by atoms with E-state index in [1.807, 2.05) is 31.3 Å². The van der Waals surface area contributed by atoms with Crippen LogP contribution >= 0.6 is 0 Å². The highest BCUT2D eigenvalue weighted by molar-refractivity contribution is 5.94. The van der Waals surface area contributed by atoms with Crippen LogP contribution in [-0.4, -0.2) is 37.6 Å². The maximum atomic E-state index is 12.3. The summed E-state index contributed by atoms with van der Waals surface area (Å²) in [5.41, 5.74) is 7.31. The summed E-state index contributed by atoms with van der Waals surface area (Å²) in [7, 11) is 1.85. The van der Waals surface area contributed by atoms with Crippen molar-refractivity contribution in [2.24, 2.45) is 11.7 Å². The van der Waals surface area contributed by atoms with Gasteiger partial charge in [0, 0.05) is 32.3 Å². The topological polar surface area (TPSA) is 55.6 Å². The zero-order valence-electron chi connectivity index (χ0n) is 11.5. The van der Waals surface area contributed by atoms with Crippen LogP contribution in [0, 0.1) is 5.92 Å². The molecule has 1 aromatic carbocycles. The van der Waals surface area contributed by atoms with Crippen LogP contribution in [0.25, 0.3) is 0 Å². The lowest BCUT2D eigenvalue weighted by Gasteiger charge is -2.27. The SMILES string of the molecule is CN(CC1CCCOC1)C(=O)c1ccc(CN)cc1. The molecule has 1 aliphatic rings. The monoisotopic (exact) mass is 262 g/mol. The number of carbonyl (C=O) groups excluding carboxylic acids is 1. The predicted octanol–water partition coefficient (Wildman–Crippen LogP) is 1.64. The van der Waals surface area contributed by atoms with Crippen LogP contribution < -0.4 is 5.73 Å². The van der Waals surface area contributed by atoms with Crippen LogP contribution in [-0.2, 0) is 11.3 Å². The van der Waals surface area contributed by atoms with Crippen LogP contribution in [0.4, 0.5) is 0 Å². The van der Waals surface area contributed by atoms with Gasteiger partial charge in [-0.25, -0.2) is 0 Å². The number of nitrogens with zero attached hydrogens (tertiary/aromatic N) is 1. The number of carbonyl (C=O) groups is 1. The van der Waals surface area contributed by atoms with Crippen molar-refractivity contribution >= 4 is 5.91 Å². The highest BCUT2D eigenvalue weighted by Gasteiger charge is 2.19. The van der Waals surface area contributed by atoms with Gasteiger partial charge in [0.2, 0.25) is 0 Å². The number of hydrogen-bond acceptors (Lipinski definition) is 3. The molecule has 1 atom stereocenters. The van der Waals surface area contributed by atoms with Crippen molar-refractivity contribution in [3.63, 3.8) is 0 Å². The molecule has 0 spiro atoms. The van der Waals surface area contributed by atoms with Gasteiger partial charge in [-0.1, -0.05) is 12.1 Å². The highest BCUT2D eigenvalue weighted by atomic mass is 16.5. The van der Waals surface area contributed by atoms with E-state index in [4.69, 9.17) is 10.5 Å². The van der Waals surface area contributed by atoms with E-state index in [2.05, 4.69) is 0 Å². The lowest BCUT2D eigenvalue weighted by atomic mass is 10.0. The van der Waals surface area contributed by atoms with Crippen LogP contribution in [0.2, 0.25) is 0 Å². The van der Waals surface area contributed by atoms with E-state index in [9.17, 15) is 4.79 Å². The molecule has 0 aliphatic carbocycles. The first-order valence-corrected chi connectivity index (χ1v) is 6.83. The van der Waals surface area contributed by atoms with Gasteiger partial charge in [-0.3, -0.25) is 4.79 Å². The summed E-state index contributed by atoms with van der Waals surface area (Å²) < 4.78 is 5.45. The number of rotatable bonds is 4. The summed E-state index contributed by atoms with van der Waals surface area (Å²) in [6, 6.07) is 7.51. The van der Waals surface area contributed by atoms with Crippen molar-refractivity contribution < 1.29 is 9.53 Å². The van der Waals surface area contributed by atoms with Gasteiger partial charge in [0.05, 0.1) is 6.61 Å². The average Bonchev–Trinajstić information content (AvgIpc) is 2.47. The second kappa shape index (κ2) is 6.68. The van der Waals surface area contributed by atoms with Crippen molar-refractivity contribution in [2.75, 3.05) is 26.8 Å². The average molecular weight is 262 g/mol. The normalized spacial score (nSPS) is 19.2. The van der Waals surface area contributed by atoms with E-state index in [-0.39, 0.29) is 5.91 Å². The summed E-state index contributed by atoms with van der Waals surface area (Å²) in [4.78, 5) is 14.1. The Morgan fingerprint density at radius 3 is 2.74 bits per heavy atom. The molecule has 0 radical (unpaired) electrons. The summed E-state index contributed by atoms with van der Waals surface area (Å²) in [6.07, 6.45) is 2.24. The maximum Gasteiger partial charge on any atom is 0.253 e. The van der Waals surface area contributed by atoms with Crippen LogP contribution in [0.1, 0.15) is 28.8 Å². The molecule has 4 nitrogen and oxygen atoms in total. The lowest BCUT2D eigenvalue weighted by Crippen LogP contribution is -2.35. The van der Waals surface area contributed by atoms with E-state index in [1.165, 1.54) is 0 Å². The Kier molecular flexibility index (Phi) is 4.93. The molecule has 1 aromatic rings. The third kappa shape index (κ3) is 3.78. The smallest absolute Gasteiger partial charge is 0.253 e. The minimum absolute atomic E-state index is 0.0640. The van der Waals surface area contributed by atoms with E-state index in [0.29, 0.717) is 12.5 Å². The molecule has 0 aromatic heterocycles. The maximum absolute atomic E-state index is 12.3. The molecule has 2 N–H and O–H groups in total. The highest BCUT2D eigenvalue weighted by Crippen LogP contribution is 2.15. The number of hydrogen-bond donors (Lipinski definition) is 1. The van der Waals surface area contributed by atoms with Crippen molar-refractivity contribution in [3.8, 4) is 0 Å². The fourth-order valence-corrected chi connectivity index (χ4v) is 2.43. The number of ether oxygens (including phenoxy) is 1. The quantitative estimate of drug-likeness (QED) is 0.897. The van der Waals surface area contributed by atoms with E-state index in [1.54, 1.807) is 4.90 Å². The van der Waals surface area contributed by atoms with Gasteiger partial charge in [0.25, 0.3) is 5.91 Å². The zero-order chi connectivity index (χ0) is 13.7. The molecule has 1 fully saturated rings. The molecule has 4 heteroatoms. The number of amides is 1. The largest absolute Gasteiger partial charge is 0.381 e. The molecular weight excluding hydrogens is 240 g/mol. The molecule has 0 saturated carbocycles. The van der Waals surface area contributed by atoms with Gasteiger partial charge in [0.15, 0.2) is 0 Å². The molecule has 1 heterocycles. The van der Waals surface area contributed by atoms with E-state index in [0.717, 1.165) is 43.7 Å². The Balaban J connectivity index is 1.93. The van der Waals surface area contributed by atoms with Crippen LogP contribution in [0.15, 0.2) is 24.3 Å². The first kappa shape index (κ1) is 14.0. The van der Waals surface area contributed by atoms with Gasteiger partial charge in [-0.2, -0.15) is 0 Å². The van der Waals surface area contributed by atoms with Crippen molar-refractivity contribution in [3.05, 3.63) is 35.4 Å². The van der Waals surface area contributed by atoms with Gasteiger partial charge in [-0.15, -0.1) is 0 Å². The van der Waals surface area contributed by atoms with Crippen molar-refractivity contribution in [2.45, 2.75) is 19.4 Å². The van der Waals surface area contributed by atoms with E-state index >= 15 is 0 Å². The number of nitrogens with two attached hydrogens (primary N) is 1. The molecule has 1 aliphatic heterocycles. The number of benzene rings is 1. The zero-order valence-corrected chi connectivity index (χ0v) is 11.5. The van der Waals surface area contributed by atoms with Crippen molar-refractivity contribution in [1.29, 1.82) is 0 Å². The minimum atomic E-state index is 0.0640. The van der Waals surface area contributed by atoms with Gasteiger partial charge in [-0.05, 0) is 36.5 Å². The second-order valence-electron chi connectivity index (χ2n) is 5.17. The van der Waals surface area contributed by atoms with Crippen LogP contribution in [0.5, 0.6) is 0 Å². The molecule has 19 heavy (non-hydrogen) atoms. The van der Waals surface area contributed by atoms with Gasteiger partial charge in [0.1, 0.15) is 0 Å². The fraction of sp³-hybridized carbons (Fsp3) is 0.533. The van der Waals surface area contributed by atoms with Gasteiger partial charge < -0.3 is 15.4 Å². The Bertz CT molecular complexity index is 411. The third-order valence-corrected chi connectivity index (χ3v) is 3.57. The molecule has 1 amide bonds. The Hall–Kier alpha value is -1.39. The molecule has 0 bridgehead atoms. The van der Waals surface area contributed by atoms with Gasteiger partial charge >= 0.3 is 0 Å². The molecule has 104 valence electrons. The molecule has 1 saturated heterocycles. The summed E-state index contributed by atoms with van der Waals surface area (Å²) in [6.45, 7) is 2.89. The second-order valence-corrected chi connectivity index (χ2v) is 5.17. The van der Waals surface area contributed by atoms with E-state index < -0.39 is 0 Å². The summed E-state index contributed by atoms with van der Waals surface area (Å²) in [5.74, 6) is 0.528. The Morgan fingerprint density at radius 2 is 2.16 bits per heavy atom. The standard InChI is InChI=1S/C15H22N2O2/c1-17(10-13-3-2-8-19-11-13)15(18)14-6-4-12(9-16)5-7-14/h4-7,13H,2-3,8-11,16H2,1H3. The molecule has 1 unspecified atom stereocenters. The summed E-state index contributed by atoms with van der Waals surface area (Å²) in [5, 5.41) is 0. The fourth-order valence-electron chi connectivity index (χ4n) is 2.43. The first-order chi connectivity index (χ1) is 9.20. The third-order valence-electron chi connectivity index (χ3n) is 3.57. The lowest BCUT2D eigenvalue weighted by molar-refractivity contribution is 0.0388. The Labute approximate surface area is 114 Å². The minimum Gasteiger partial charge on any atom is -0.381 e. The summed E-state index contributed by atoms with van der Waals surface area (Å²) >= 11 is 0.